The minimum Gasteiger partial charge on any atom is -0.476 e. The van der Waals surface area contributed by atoms with E-state index in [1.807, 2.05) is 13.8 Å². The predicted octanol–water partition coefficient (Wildman–Crippen LogP) is 2.25. The number of hydrogen-bond acceptors (Lipinski definition) is 2. The molecule has 1 aromatic carbocycles. The third-order valence-electron chi connectivity index (χ3n) is 2.50. The third kappa shape index (κ3) is 2.72. The molecule has 4 heteroatoms. The number of hydrogen-bond donors (Lipinski definition) is 1. The molecule has 1 heterocycles. The van der Waals surface area contributed by atoms with Crippen molar-refractivity contribution in [2.45, 2.75) is 20.4 Å². The molecule has 2 rings (SSSR count). The maximum atomic E-state index is 10.7. The molecular formula is C13H14N2O2. The van der Waals surface area contributed by atoms with Gasteiger partial charge in [-0.05, 0) is 19.4 Å². The van der Waals surface area contributed by atoms with Crippen molar-refractivity contribution in [2.24, 2.45) is 0 Å². The Balaban J connectivity index is 2.22. The molecule has 17 heavy (non-hydrogen) atoms. The second-order valence-corrected chi connectivity index (χ2v) is 4.23. The van der Waals surface area contributed by atoms with Crippen LogP contribution >= 0.6 is 0 Å². The highest BCUT2D eigenvalue weighted by atomic mass is 16.4. The number of nitrogens with zero attached hydrogens (tertiary/aromatic N) is 2. The van der Waals surface area contributed by atoms with E-state index in [1.165, 1.54) is 11.1 Å². The van der Waals surface area contributed by atoms with Gasteiger partial charge in [-0.2, -0.15) is 0 Å². The molecular weight excluding hydrogens is 216 g/mol. The summed E-state index contributed by atoms with van der Waals surface area (Å²) in [6, 6.07) is 6.29. The summed E-state index contributed by atoms with van der Waals surface area (Å²) in [5.74, 6) is -0.996. The Kier molecular flexibility index (Phi) is 2.95. The number of carbonyl (C=O) groups is 1. The van der Waals surface area contributed by atoms with Crippen molar-refractivity contribution in [3.63, 3.8) is 0 Å². The van der Waals surface area contributed by atoms with E-state index in [-0.39, 0.29) is 5.69 Å². The van der Waals surface area contributed by atoms with Gasteiger partial charge in [-0.3, -0.25) is 0 Å². The molecule has 0 unspecified atom stereocenters. The molecule has 0 aliphatic heterocycles. The van der Waals surface area contributed by atoms with Gasteiger partial charge in [-0.15, -0.1) is 0 Å². The number of rotatable bonds is 3. The van der Waals surface area contributed by atoms with Crippen LogP contribution in [-0.2, 0) is 6.54 Å². The number of aromatic carboxylic acids is 1. The highest BCUT2D eigenvalue weighted by Crippen LogP contribution is 2.10. The standard InChI is InChI=1S/C13H14N2O2/c1-9-3-10(2)5-11(4-9)6-15-7-12(13(16)17)14-8-15/h3-5,7-8H,6H2,1-2H3,(H,16,17). The molecule has 0 atom stereocenters. The molecule has 4 nitrogen and oxygen atoms in total. The molecule has 1 aromatic heterocycles. The summed E-state index contributed by atoms with van der Waals surface area (Å²) in [5, 5.41) is 8.78. The van der Waals surface area contributed by atoms with Crippen LogP contribution in [0.1, 0.15) is 27.2 Å². The van der Waals surface area contributed by atoms with Crippen molar-refractivity contribution in [1.29, 1.82) is 0 Å². The van der Waals surface area contributed by atoms with Crippen LogP contribution in [0.4, 0.5) is 0 Å². The van der Waals surface area contributed by atoms with Gasteiger partial charge in [-0.1, -0.05) is 29.3 Å². The van der Waals surface area contributed by atoms with Crippen LogP contribution in [0.25, 0.3) is 0 Å². The van der Waals surface area contributed by atoms with E-state index in [4.69, 9.17) is 5.11 Å². The Labute approximate surface area is 99.5 Å². The zero-order valence-electron chi connectivity index (χ0n) is 9.84. The number of aryl methyl sites for hydroxylation is 2. The molecule has 0 aliphatic carbocycles. The minimum atomic E-state index is -0.996. The molecule has 0 spiro atoms. The molecule has 0 fully saturated rings. The summed E-state index contributed by atoms with van der Waals surface area (Å²) < 4.78 is 1.78. The van der Waals surface area contributed by atoms with Gasteiger partial charge < -0.3 is 9.67 Å². The van der Waals surface area contributed by atoms with Crippen molar-refractivity contribution in [3.8, 4) is 0 Å². The van der Waals surface area contributed by atoms with Crippen molar-refractivity contribution in [2.75, 3.05) is 0 Å². The number of aromatic nitrogens is 2. The van der Waals surface area contributed by atoms with E-state index in [9.17, 15) is 4.79 Å². The first-order chi connectivity index (χ1) is 8.04. The van der Waals surface area contributed by atoms with E-state index in [0.717, 1.165) is 5.56 Å². The van der Waals surface area contributed by atoms with Crippen LogP contribution in [0.2, 0.25) is 0 Å². The van der Waals surface area contributed by atoms with Gasteiger partial charge in [-0.25, -0.2) is 9.78 Å². The van der Waals surface area contributed by atoms with Crippen molar-refractivity contribution < 1.29 is 9.90 Å². The van der Waals surface area contributed by atoms with Crippen molar-refractivity contribution in [1.82, 2.24) is 9.55 Å². The summed E-state index contributed by atoms with van der Waals surface area (Å²) in [6.07, 6.45) is 3.08. The SMILES string of the molecule is Cc1cc(C)cc(Cn2cnc(C(=O)O)c2)c1. The fourth-order valence-electron chi connectivity index (χ4n) is 1.93. The number of carboxylic acid groups (broad SMARTS) is 1. The summed E-state index contributed by atoms with van der Waals surface area (Å²) in [7, 11) is 0. The Morgan fingerprint density at radius 2 is 1.94 bits per heavy atom. The average molecular weight is 230 g/mol. The van der Waals surface area contributed by atoms with Gasteiger partial charge in [0.1, 0.15) is 0 Å². The van der Waals surface area contributed by atoms with E-state index >= 15 is 0 Å². The highest BCUT2D eigenvalue weighted by molar-refractivity contribution is 5.84. The van der Waals surface area contributed by atoms with E-state index in [2.05, 4.69) is 23.2 Å². The fourth-order valence-corrected chi connectivity index (χ4v) is 1.93. The van der Waals surface area contributed by atoms with Gasteiger partial charge in [0.05, 0.1) is 6.33 Å². The monoisotopic (exact) mass is 230 g/mol. The lowest BCUT2D eigenvalue weighted by Crippen LogP contribution is -1.99. The zero-order chi connectivity index (χ0) is 12.4. The summed E-state index contributed by atoms with van der Waals surface area (Å²) in [4.78, 5) is 14.5. The smallest absolute Gasteiger partial charge is 0.356 e. The summed E-state index contributed by atoms with van der Waals surface area (Å²) in [6.45, 7) is 4.74. The lowest BCUT2D eigenvalue weighted by Gasteiger charge is -2.05. The quantitative estimate of drug-likeness (QED) is 0.879. The molecule has 0 aliphatic rings. The van der Waals surface area contributed by atoms with E-state index < -0.39 is 5.97 Å². The lowest BCUT2D eigenvalue weighted by molar-refractivity contribution is 0.0691. The van der Waals surface area contributed by atoms with Gasteiger partial charge in [0.15, 0.2) is 5.69 Å². The molecule has 0 saturated carbocycles. The minimum absolute atomic E-state index is 0.0781. The first-order valence-corrected chi connectivity index (χ1v) is 5.37. The number of imidazole rings is 1. The normalized spacial score (nSPS) is 10.5. The zero-order valence-corrected chi connectivity index (χ0v) is 9.84. The average Bonchev–Trinajstić information content (AvgIpc) is 2.64. The topological polar surface area (TPSA) is 55.1 Å². The fraction of sp³-hybridized carbons (Fsp3) is 0.231. The molecule has 88 valence electrons. The molecule has 2 aromatic rings. The molecule has 0 amide bonds. The lowest BCUT2D eigenvalue weighted by atomic mass is 10.1. The Morgan fingerprint density at radius 3 is 2.47 bits per heavy atom. The first-order valence-electron chi connectivity index (χ1n) is 5.37. The molecule has 0 radical (unpaired) electrons. The predicted molar refractivity (Wildman–Crippen MR) is 64.2 cm³/mol. The third-order valence-corrected chi connectivity index (χ3v) is 2.50. The molecule has 0 bridgehead atoms. The van der Waals surface area contributed by atoms with Gasteiger partial charge in [0, 0.05) is 12.7 Å². The van der Waals surface area contributed by atoms with Crippen LogP contribution in [-0.4, -0.2) is 20.6 Å². The maximum absolute atomic E-state index is 10.7. The summed E-state index contributed by atoms with van der Waals surface area (Å²) >= 11 is 0. The van der Waals surface area contributed by atoms with Crippen LogP contribution < -0.4 is 0 Å². The van der Waals surface area contributed by atoms with Crippen molar-refractivity contribution in [3.05, 3.63) is 53.1 Å². The van der Waals surface area contributed by atoms with Gasteiger partial charge in [0.2, 0.25) is 0 Å². The van der Waals surface area contributed by atoms with Gasteiger partial charge >= 0.3 is 5.97 Å². The maximum Gasteiger partial charge on any atom is 0.356 e. The number of carboxylic acids is 1. The second kappa shape index (κ2) is 4.41. The Morgan fingerprint density at radius 1 is 1.29 bits per heavy atom. The van der Waals surface area contributed by atoms with Crippen molar-refractivity contribution >= 4 is 5.97 Å². The Bertz CT molecular complexity index is 538. The number of benzene rings is 1. The van der Waals surface area contributed by atoms with Crippen LogP contribution in [0.15, 0.2) is 30.7 Å². The van der Waals surface area contributed by atoms with E-state index in [1.54, 1.807) is 17.1 Å². The Hall–Kier alpha value is -2.10. The van der Waals surface area contributed by atoms with E-state index in [0.29, 0.717) is 6.54 Å². The van der Waals surface area contributed by atoms with Gasteiger partial charge in [0.25, 0.3) is 0 Å². The largest absolute Gasteiger partial charge is 0.476 e. The summed E-state index contributed by atoms with van der Waals surface area (Å²) in [5.41, 5.74) is 3.64. The highest BCUT2D eigenvalue weighted by Gasteiger charge is 2.06. The molecule has 0 saturated heterocycles. The molecule has 1 N–H and O–H groups in total. The van der Waals surface area contributed by atoms with Crippen LogP contribution in [0.5, 0.6) is 0 Å². The first kappa shape index (κ1) is 11.4. The van der Waals surface area contributed by atoms with Crippen LogP contribution in [0, 0.1) is 13.8 Å². The second-order valence-electron chi connectivity index (χ2n) is 4.23. The van der Waals surface area contributed by atoms with Crippen LogP contribution in [0.3, 0.4) is 0 Å².